The van der Waals surface area contributed by atoms with E-state index in [-0.39, 0.29) is 12.5 Å². The van der Waals surface area contributed by atoms with E-state index < -0.39 is 11.7 Å². The van der Waals surface area contributed by atoms with Gasteiger partial charge in [0.25, 0.3) is 0 Å². The molecule has 1 aromatic carbocycles. The van der Waals surface area contributed by atoms with Gasteiger partial charge >= 0.3 is 6.09 Å². The molecule has 0 atom stereocenters. The van der Waals surface area contributed by atoms with Gasteiger partial charge < -0.3 is 4.74 Å². The molecule has 2 amide bonds. The van der Waals surface area contributed by atoms with Crippen LogP contribution in [0.5, 0.6) is 0 Å². The van der Waals surface area contributed by atoms with Crippen LogP contribution in [0.4, 0.5) is 9.93 Å². The predicted molar refractivity (Wildman–Crippen MR) is 89.8 cm³/mol. The minimum Gasteiger partial charge on any atom is -0.444 e. The molecule has 0 radical (unpaired) electrons. The summed E-state index contributed by atoms with van der Waals surface area (Å²) >= 11 is 1.49. The molecule has 1 aliphatic rings. The molecule has 0 bridgehead atoms. The van der Waals surface area contributed by atoms with E-state index in [4.69, 9.17) is 4.74 Å². The smallest absolute Gasteiger partial charge is 0.410 e. The van der Waals surface area contributed by atoms with E-state index in [0.29, 0.717) is 18.2 Å². The maximum Gasteiger partial charge on any atom is 0.410 e. The first-order valence-corrected chi connectivity index (χ1v) is 8.29. The molecule has 3 rings (SSSR count). The molecule has 1 fully saturated rings. The van der Waals surface area contributed by atoms with Gasteiger partial charge in [0.1, 0.15) is 12.1 Å². The van der Waals surface area contributed by atoms with Crippen LogP contribution in [-0.2, 0) is 9.53 Å². The summed E-state index contributed by atoms with van der Waals surface area (Å²) in [4.78, 5) is 32.0. The van der Waals surface area contributed by atoms with Crippen LogP contribution in [0.15, 0.2) is 24.3 Å². The summed E-state index contributed by atoms with van der Waals surface area (Å²) in [5.41, 5.74) is 0.319. The molecule has 6 nitrogen and oxygen atoms in total. The lowest BCUT2D eigenvalue weighted by atomic mass is 10.2. The lowest BCUT2D eigenvalue weighted by molar-refractivity contribution is -0.121. The van der Waals surface area contributed by atoms with Gasteiger partial charge in [0.05, 0.1) is 10.2 Å². The van der Waals surface area contributed by atoms with Crippen molar-refractivity contribution in [3.63, 3.8) is 0 Å². The molecule has 1 aromatic heterocycles. The first-order chi connectivity index (χ1) is 10.8. The van der Waals surface area contributed by atoms with Gasteiger partial charge in [-0.15, -0.1) is 0 Å². The van der Waals surface area contributed by atoms with Crippen molar-refractivity contribution in [2.24, 2.45) is 0 Å². The monoisotopic (exact) mass is 333 g/mol. The highest BCUT2D eigenvalue weighted by molar-refractivity contribution is 7.22. The second-order valence-electron chi connectivity index (χ2n) is 6.41. The zero-order chi connectivity index (χ0) is 16.6. The van der Waals surface area contributed by atoms with Crippen LogP contribution in [0.2, 0.25) is 0 Å². The molecule has 0 spiro atoms. The van der Waals surface area contributed by atoms with E-state index in [1.54, 1.807) is 4.90 Å². The van der Waals surface area contributed by atoms with Gasteiger partial charge in [-0.3, -0.25) is 14.6 Å². The fraction of sp³-hybridized carbons (Fsp3) is 0.438. The third-order valence-corrected chi connectivity index (χ3v) is 4.45. The number of rotatable bonds is 1. The Labute approximate surface area is 138 Å². The fourth-order valence-corrected chi connectivity index (χ4v) is 3.34. The number of nitrogens with zero attached hydrogens (tertiary/aromatic N) is 3. The van der Waals surface area contributed by atoms with Crippen molar-refractivity contribution in [3.8, 4) is 0 Å². The zero-order valence-electron chi connectivity index (χ0n) is 13.4. The molecule has 0 saturated carbocycles. The largest absolute Gasteiger partial charge is 0.444 e. The van der Waals surface area contributed by atoms with Crippen molar-refractivity contribution in [2.45, 2.75) is 26.4 Å². The lowest BCUT2D eigenvalue weighted by Crippen LogP contribution is -2.53. The highest BCUT2D eigenvalue weighted by atomic mass is 32.1. The topological polar surface area (TPSA) is 62.7 Å². The van der Waals surface area contributed by atoms with E-state index in [0.717, 1.165) is 10.2 Å². The van der Waals surface area contributed by atoms with Crippen LogP contribution < -0.4 is 4.90 Å². The number of ether oxygens (including phenoxy) is 1. The normalized spacial score (nSPS) is 16.0. The number of carbonyl (C=O) groups excluding carboxylic acids is 2. The first-order valence-electron chi connectivity index (χ1n) is 7.47. The first kappa shape index (κ1) is 15.7. The zero-order valence-corrected chi connectivity index (χ0v) is 14.2. The molecule has 0 aliphatic carbocycles. The van der Waals surface area contributed by atoms with Crippen LogP contribution in [0.3, 0.4) is 0 Å². The average Bonchev–Trinajstić information content (AvgIpc) is 2.88. The van der Waals surface area contributed by atoms with Crippen molar-refractivity contribution < 1.29 is 14.3 Å². The second-order valence-corrected chi connectivity index (χ2v) is 7.42. The van der Waals surface area contributed by atoms with E-state index >= 15 is 0 Å². The fourth-order valence-electron chi connectivity index (χ4n) is 2.33. The highest BCUT2D eigenvalue weighted by Crippen LogP contribution is 2.29. The standard InChI is InChI=1S/C16H19N3O3S/c1-16(2,3)22-15(21)18-8-9-19(13(20)10-18)14-17-11-6-4-5-7-12(11)23-14/h4-7H,8-10H2,1-3H3. The molecule has 2 aromatic rings. The average molecular weight is 333 g/mol. The van der Waals surface area contributed by atoms with Crippen LogP contribution >= 0.6 is 11.3 Å². The number of hydrogen-bond donors (Lipinski definition) is 0. The summed E-state index contributed by atoms with van der Waals surface area (Å²) in [7, 11) is 0. The van der Waals surface area contributed by atoms with Crippen LogP contribution in [0, 0.1) is 0 Å². The number of piperazine rings is 1. The molecular formula is C16H19N3O3S. The van der Waals surface area contributed by atoms with Crippen molar-refractivity contribution in [1.82, 2.24) is 9.88 Å². The van der Waals surface area contributed by atoms with Crippen LogP contribution in [-0.4, -0.2) is 47.1 Å². The predicted octanol–water partition coefficient (Wildman–Crippen LogP) is 2.88. The molecule has 0 unspecified atom stereocenters. The number of amides is 2. The molecule has 122 valence electrons. The summed E-state index contributed by atoms with van der Waals surface area (Å²) in [5.74, 6) is -0.138. The number of para-hydroxylation sites is 1. The van der Waals surface area contributed by atoms with Crippen molar-refractivity contribution >= 4 is 38.7 Å². The minimum atomic E-state index is -0.565. The molecule has 1 saturated heterocycles. The maximum atomic E-state index is 12.4. The Morgan fingerprint density at radius 3 is 2.65 bits per heavy atom. The third kappa shape index (κ3) is 3.44. The van der Waals surface area contributed by atoms with Gasteiger partial charge in [-0.05, 0) is 32.9 Å². The molecule has 23 heavy (non-hydrogen) atoms. The van der Waals surface area contributed by atoms with E-state index in [1.165, 1.54) is 16.2 Å². The second kappa shape index (κ2) is 5.81. The van der Waals surface area contributed by atoms with Crippen LogP contribution in [0.25, 0.3) is 10.2 Å². The van der Waals surface area contributed by atoms with E-state index in [9.17, 15) is 9.59 Å². The van der Waals surface area contributed by atoms with Gasteiger partial charge in [0.2, 0.25) is 5.91 Å². The lowest BCUT2D eigenvalue weighted by Gasteiger charge is -2.33. The van der Waals surface area contributed by atoms with Gasteiger partial charge in [-0.1, -0.05) is 23.5 Å². The van der Waals surface area contributed by atoms with E-state index in [1.807, 2.05) is 45.0 Å². The number of benzene rings is 1. The Kier molecular flexibility index (Phi) is 3.97. The van der Waals surface area contributed by atoms with Crippen molar-refractivity contribution in [1.29, 1.82) is 0 Å². The Bertz CT molecular complexity index is 717. The minimum absolute atomic E-state index is 0.0187. The Balaban J connectivity index is 1.71. The van der Waals surface area contributed by atoms with Crippen LogP contribution in [0.1, 0.15) is 20.8 Å². The van der Waals surface area contributed by atoms with Gasteiger partial charge in [0, 0.05) is 13.1 Å². The molecule has 2 heterocycles. The molecular weight excluding hydrogens is 314 g/mol. The summed E-state index contributed by atoms with van der Waals surface area (Å²) in [6.45, 7) is 6.32. The van der Waals surface area contributed by atoms with Crippen molar-refractivity contribution in [2.75, 3.05) is 24.5 Å². The third-order valence-electron chi connectivity index (χ3n) is 3.39. The number of thiazole rings is 1. The number of anilines is 1. The Hall–Kier alpha value is -2.15. The van der Waals surface area contributed by atoms with E-state index in [2.05, 4.69) is 4.98 Å². The van der Waals surface area contributed by atoms with Gasteiger partial charge in [-0.2, -0.15) is 0 Å². The van der Waals surface area contributed by atoms with Crippen molar-refractivity contribution in [3.05, 3.63) is 24.3 Å². The highest BCUT2D eigenvalue weighted by Gasteiger charge is 2.32. The Morgan fingerprint density at radius 2 is 2.00 bits per heavy atom. The Morgan fingerprint density at radius 1 is 1.26 bits per heavy atom. The van der Waals surface area contributed by atoms with Gasteiger partial charge in [-0.25, -0.2) is 9.78 Å². The quantitative estimate of drug-likeness (QED) is 0.805. The summed E-state index contributed by atoms with van der Waals surface area (Å²) in [6, 6.07) is 7.79. The molecule has 1 aliphatic heterocycles. The summed E-state index contributed by atoms with van der Waals surface area (Å²) < 4.78 is 6.36. The number of hydrogen-bond acceptors (Lipinski definition) is 5. The molecule has 7 heteroatoms. The maximum absolute atomic E-state index is 12.4. The summed E-state index contributed by atoms with van der Waals surface area (Å²) in [6.07, 6.45) is -0.449. The van der Waals surface area contributed by atoms with Gasteiger partial charge in [0.15, 0.2) is 5.13 Å². The number of fused-ring (bicyclic) bond motifs is 1. The number of aromatic nitrogens is 1. The molecule has 0 N–H and O–H groups in total. The number of carbonyl (C=O) groups is 2. The SMILES string of the molecule is CC(C)(C)OC(=O)N1CCN(c2nc3ccccc3s2)C(=O)C1. The summed E-state index contributed by atoms with van der Waals surface area (Å²) in [5, 5.41) is 0.681.